The lowest BCUT2D eigenvalue weighted by atomic mass is 10.0. The van der Waals surface area contributed by atoms with Crippen LogP contribution in [-0.4, -0.2) is 30.7 Å². The molecule has 2 aromatic heterocycles. The predicted molar refractivity (Wildman–Crippen MR) is 127 cm³/mol. The molecule has 3 heterocycles. The molecule has 4 aromatic rings. The molecule has 1 aliphatic heterocycles. The Balaban J connectivity index is 1.45. The molecule has 1 aliphatic rings. The van der Waals surface area contributed by atoms with Crippen LogP contribution in [0.5, 0.6) is 5.88 Å². The Labute approximate surface area is 196 Å². The van der Waals surface area contributed by atoms with E-state index in [4.69, 9.17) is 0 Å². The van der Waals surface area contributed by atoms with Gasteiger partial charge in [0.1, 0.15) is 10.0 Å². The molecule has 0 saturated carbocycles. The van der Waals surface area contributed by atoms with E-state index in [1.165, 1.54) is 30.3 Å². The maximum atomic E-state index is 15.0. The zero-order valence-corrected chi connectivity index (χ0v) is 19.0. The Morgan fingerprint density at radius 1 is 1.15 bits per heavy atom. The van der Waals surface area contributed by atoms with Crippen LogP contribution in [0.3, 0.4) is 0 Å². The van der Waals surface area contributed by atoms with Crippen LogP contribution in [0.4, 0.5) is 20.6 Å². The highest BCUT2D eigenvalue weighted by atomic mass is 32.2. The second-order valence-corrected chi connectivity index (χ2v) is 10.4. The van der Waals surface area contributed by atoms with Gasteiger partial charge in [-0.3, -0.25) is 4.79 Å². The summed E-state index contributed by atoms with van der Waals surface area (Å²) in [5.41, 5.74) is 0.924. The molecule has 0 radical (unpaired) electrons. The number of pyridine rings is 1. The number of aromatic nitrogens is 1. The number of hydrogen-bond acceptors (Lipinski definition) is 7. The van der Waals surface area contributed by atoms with E-state index in [2.05, 4.69) is 10.6 Å². The minimum absolute atomic E-state index is 0.0441. The minimum Gasteiger partial charge on any atom is -0.494 e. The lowest BCUT2D eigenvalue weighted by Gasteiger charge is -2.14. The number of carbonyl (C=O) groups excluding carboxylic acids is 1. The van der Waals surface area contributed by atoms with Gasteiger partial charge < -0.3 is 15.7 Å². The Kier molecular flexibility index (Phi) is 5.25. The number of rotatable bonds is 4. The van der Waals surface area contributed by atoms with Crippen molar-refractivity contribution in [2.75, 3.05) is 17.2 Å². The van der Waals surface area contributed by atoms with Gasteiger partial charge in [0.05, 0.1) is 5.69 Å². The molecule has 0 atom stereocenters. The van der Waals surface area contributed by atoms with Crippen molar-refractivity contribution >= 4 is 49.5 Å². The molecule has 12 heteroatoms. The normalized spacial score (nSPS) is 12.9. The summed E-state index contributed by atoms with van der Waals surface area (Å²) in [6.07, 6.45) is 0.703. The SMILES string of the molecule is O=C(Nc1ccc(-n2c(O)c3ccc4c(c3cc2=O)CCN4)c(F)c1)NS(=O)(=O)c1cccs1. The van der Waals surface area contributed by atoms with Gasteiger partial charge in [-0.15, -0.1) is 11.3 Å². The van der Waals surface area contributed by atoms with Gasteiger partial charge in [0.25, 0.3) is 15.6 Å². The van der Waals surface area contributed by atoms with E-state index in [9.17, 15) is 27.5 Å². The van der Waals surface area contributed by atoms with Crippen LogP contribution in [0.2, 0.25) is 0 Å². The molecule has 0 fully saturated rings. The first-order valence-electron chi connectivity index (χ1n) is 10.1. The van der Waals surface area contributed by atoms with Crippen LogP contribution in [0.15, 0.2) is 62.9 Å². The van der Waals surface area contributed by atoms with Gasteiger partial charge in [0, 0.05) is 29.4 Å². The summed E-state index contributed by atoms with van der Waals surface area (Å²) in [4.78, 5) is 24.9. The van der Waals surface area contributed by atoms with Crippen LogP contribution >= 0.6 is 11.3 Å². The number of fused-ring (bicyclic) bond motifs is 3. The van der Waals surface area contributed by atoms with Crippen molar-refractivity contribution in [3.63, 3.8) is 0 Å². The van der Waals surface area contributed by atoms with E-state index in [-0.39, 0.29) is 15.6 Å². The zero-order valence-electron chi connectivity index (χ0n) is 17.3. The first kappa shape index (κ1) is 21.9. The Bertz CT molecular complexity index is 1610. The van der Waals surface area contributed by atoms with Crippen molar-refractivity contribution in [1.82, 2.24) is 9.29 Å². The summed E-state index contributed by atoms with van der Waals surface area (Å²) >= 11 is 0.940. The molecule has 2 aromatic carbocycles. The van der Waals surface area contributed by atoms with E-state index in [0.717, 1.165) is 39.8 Å². The maximum absolute atomic E-state index is 15.0. The topological polar surface area (TPSA) is 130 Å². The zero-order chi connectivity index (χ0) is 24.0. The average molecular weight is 501 g/mol. The quantitative estimate of drug-likeness (QED) is 0.340. The standard InChI is InChI=1S/C22H17FN4O5S2/c23-16-10-12(25-22(30)26-34(31,32)20-2-1-9-33-20)3-6-18(16)27-19(28)11-15-13-7-8-24-17(13)5-4-14(15)21(27)29/h1-6,9-11,24,29H,7-8H2,(H2,25,26,30). The Morgan fingerprint density at radius 3 is 2.71 bits per heavy atom. The Morgan fingerprint density at radius 2 is 1.97 bits per heavy atom. The number of halogens is 1. The van der Waals surface area contributed by atoms with Crippen molar-refractivity contribution in [2.45, 2.75) is 10.6 Å². The van der Waals surface area contributed by atoms with Gasteiger partial charge in [-0.1, -0.05) is 6.07 Å². The molecular weight excluding hydrogens is 483 g/mol. The van der Waals surface area contributed by atoms with Crippen LogP contribution < -0.4 is 20.9 Å². The molecule has 4 N–H and O–H groups in total. The first-order valence-corrected chi connectivity index (χ1v) is 12.4. The maximum Gasteiger partial charge on any atom is 0.333 e. The van der Waals surface area contributed by atoms with E-state index >= 15 is 0 Å². The number of nitrogens with one attached hydrogen (secondary N) is 3. The molecule has 0 unspecified atom stereocenters. The smallest absolute Gasteiger partial charge is 0.333 e. The monoisotopic (exact) mass is 500 g/mol. The summed E-state index contributed by atoms with van der Waals surface area (Å²) < 4.78 is 41.9. The summed E-state index contributed by atoms with van der Waals surface area (Å²) in [6.45, 7) is 0.726. The van der Waals surface area contributed by atoms with Crippen molar-refractivity contribution in [3.8, 4) is 11.6 Å². The first-order chi connectivity index (χ1) is 16.2. The van der Waals surface area contributed by atoms with Crippen LogP contribution in [0, 0.1) is 5.82 Å². The molecule has 0 saturated heterocycles. The van der Waals surface area contributed by atoms with Gasteiger partial charge >= 0.3 is 6.03 Å². The predicted octanol–water partition coefficient (Wildman–Crippen LogP) is 3.38. The third-order valence-corrected chi connectivity index (χ3v) is 8.15. The number of aromatic hydroxyl groups is 1. The Hall–Kier alpha value is -3.90. The van der Waals surface area contributed by atoms with Crippen molar-refractivity contribution in [3.05, 3.63) is 75.6 Å². The fourth-order valence-electron chi connectivity index (χ4n) is 3.94. The summed E-state index contributed by atoms with van der Waals surface area (Å²) in [6, 6.07) is 10.0. The molecule has 34 heavy (non-hydrogen) atoms. The summed E-state index contributed by atoms with van der Waals surface area (Å²) in [7, 11) is -4.05. The number of anilines is 2. The minimum atomic E-state index is -4.05. The van der Waals surface area contributed by atoms with Gasteiger partial charge in [-0.25, -0.2) is 26.9 Å². The molecule has 0 aliphatic carbocycles. The van der Waals surface area contributed by atoms with Gasteiger partial charge in [0.15, 0.2) is 0 Å². The fourth-order valence-corrected chi connectivity index (χ4v) is 5.84. The van der Waals surface area contributed by atoms with E-state index in [0.29, 0.717) is 17.2 Å². The molecule has 9 nitrogen and oxygen atoms in total. The number of carbonyl (C=O) groups is 1. The second kappa shape index (κ2) is 8.15. The number of urea groups is 1. The van der Waals surface area contributed by atoms with E-state index in [1.807, 2.05) is 4.72 Å². The summed E-state index contributed by atoms with van der Waals surface area (Å²) in [5.74, 6) is -1.31. The van der Waals surface area contributed by atoms with Gasteiger partial charge in [-0.05, 0) is 59.1 Å². The number of amides is 2. The van der Waals surface area contributed by atoms with Gasteiger partial charge in [-0.2, -0.15) is 0 Å². The molecule has 174 valence electrons. The molecular formula is C22H17FN4O5S2. The van der Waals surface area contributed by atoms with Gasteiger partial charge in [0.2, 0.25) is 5.88 Å². The highest BCUT2D eigenvalue weighted by Crippen LogP contribution is 2.34. The molecule has 5 rings (SSSR count). The lowest BCUT2D eigenvalue weighted by Crippen LogP contribution is -2.34. The molecule has 2 amide bonds. The van der Waals surface area contributed by atoms with Crippen LogP contribution in [-0.2, 0) is 16.4 Å². The molecule has 0 spiro atoms. The van der Waals surface area contributed by atoms with E-state index < -0.39 is 33.3 Å². The second-order valence-electron chi connectivity index (χ2n) is 7.53. The van der Waals surface area contributed by atoms with E-state index in [1.54, 1.807) is 17.5 Å². The number of hydrogen-bond donors (Lipinski definition) is 4. The molecule has 0 bridgehead atoms. The third-order valence-electron chi connectivity index (χ3n) is 5.42. The number of thiophene rings is 1. The number of benzene rings is 2. The number of sulfonamides is 1. The highest BCUT2D eigenvalue weighted by molar-refractivity contribution is 7.92. The summed E-state index contributed by atoms with van der Waals surface area (Å²) in [5, 5.41) is 18.8. The average Bonchev–Trinajstić information content (AvgIpc) is 3.47. The third kappa shape index (κ3) is 3.76. The number of nitrogens with zero attached hydrogens (tertiary/aromatic N) is 1. The lowest BCUT2D eigenvalue weighted by molar-refractivity contribution is 0.256. The van der Waals surface area contributed by atoms with Crippen molar-refractivity contribution in [2.24, 2.45) is 0 Å². The van der Waals surface area contributed by atoms with Crippen LogP contribution in [0.25, 0.3) is 16.5 Å². The highest BCUT2D eigenvalue weighted by Gasteiger charge is 2.21. The van der Waals surface area contributed by atoms with Crippen molar-refractivity contribution < 1.29 is 22.7 Å². The largest absolute Gasteiger partial charge is 0.494 e. The fraction of sp³-hybridized carbons (Fsp3) is 0.0909. The van der Waals surface area contributed by atoms with Crippen molar-refractivity contribution in [1.29, 1.82) is 0 Å². The van der Waals surface area contributed by atoms with Crippen LogP contribution in [0.1, 0.15) is 5.56 Å².